The monoisotopic (exact) mass is 446 g/mol. The Balaban J connectivity index is 1.38. The van der Waals surface area contributed by atoms with Crippen molar-refractivity contribution < 1.29 is 14.6 Å². The number of aliphatic imine (C=N–C) groups is 1. The molecule has 170 valence electrons. The Hall–Kier alpha value is -3.72. The van der Waals surface area contributed by atoms with Gasteiger partial charge in [-0.05, 0) is 37.6 Å². The molecule has 1 aromatic carbocycles. The van der Waals surface area contributed by atoms with Crippen molar-refractivity contribution in [2.24, 2.45) is 12.0 Å². The molecule has 1 saturated heterocycles. The van der Waals surface area contributed by atoms with Crippen LogP contribution in [-0.4, -0.2) is 57.4 Å². The molecule has 0 spiro atoms. The number of benzene rings is 1. The van der Waals surface area contributed by atoms with E-state index < -0.39 is 5.60 Å². The SMILES string of the molecule is COc1ccc(-c2cnn(C)c2)c2c1CC(NC(=O)c1ccnc(N3CC[C@](C)(O)C3)c1)=N2. The Bertz CT molecular complexity index is 1260. The number of nitrogens with one attached hydrogen (secondary N) is 1. The number of carbonyl (C=O) groups is 1. The minimum Gasteiger partial charge on any atom is -0.496 e. The summed E-state index contributed by atoms with van der Waals surface area (Å²) in [6.07, 6.45) is 6.48. The Morgan fingerprint density at radius 1 is 1.30 bits per heavy atom. The lowest BCUT2D eigenvalue weighted by molar-refractivity contribution is 0.0839. The molecule has 1 atom stereocenters. The molecule has 1 fully saturated rings. The van der Waals surface area contributed by atoms with E-state index in [1.165, 1.54) is 0 Å². The molecule has 0 aliphatic carbocycles. The smallest absolute Gasteiger partial charge is 0.256 e. The number of aryl methyl sites for hydroxylation is 1. The summed E-state index contributed by atoms with van der Waals surface area (Å²) in [4.78, 5) is 24.1. The fourth-order valence-electron chi connectivity index (χ4n) is 4.39. The van der Waals surface area contributed by atoms with Gasteiger partial charge in [-0.3, -0.25) is 9.48 Å². The molecule has 0 bridgehead atoms. The van der Waals surface area contributed by atoms with E-state index in [0.29, 0.717) is 43.1 Å². The van der Waals surface area contributed by atoms with Crippen LogP contribution in [0.3, 0.4) is 0 Å². The largest absolute Gasteiger partial charge is 0.496 e. The third-order valence-electron chi connectivity index (χ3n) is 6.11. The Kier molecular flexibility index (Phi) is 5.13. The Morgan fingerprint density at radius 2 is 2.15 bits per heavy atom. The van der Waals surface area contributed by atoms with Crippen LogP contribution in [0.1, 0.15) is 29.3 Å². The van der Waals surface area contributed by atoms with E-state index in [0.717, 1.165) is 28.1 Å². The second-order valence-corrected chi connectivity index (χ2v) is 8.81. The Morgan fingerprint density at radius 3 is 2.85 bits per heavy atom. The van der Waals surface area contributed by atoms with Crippen molar-refractivity contribution in [2.45, 2.75) is 25.4 Å². The minimum absolute atomic E-state index is 0.252. The number of β-amino-alcohol motifs (C(OH)–C–C–N with tert-alkyl or cyclic N) is 1. The van der Waals surface area contributed by atoms with Crippen molar-refractivity contribution in [3.8, 4) is 16.9 Å². The fourth-order valence-corrected chi connectivity index (χ4v) is 4.39. The highest BCUT2D eigenvalue weighted by Crippen LogP contribution is 2.42. The third-order valence-corrected chi connectivity index (χ3v) is 6.11. The number of carbonyl (C=O) groups excluding carboxylic acids is 1. The molecule has 9 heteroatoms. The molecule has 5 rings (SSSR count). The number of fused-ring (bicyclic) bond motifs is 1. The highest BCUT2D eigenvalue weighted by molar-refractivity contribution is 6.10. The predicted molar refractivity (Wildman–Crippen MR) is 125 cm³/mol. The highest BCUT2D eigenvalue weighted by Gasteiger charge is 2.32. The molecule has 9 nitrogen and oxygen atoms in total. The van der Waals surface area contributed by atoms with E-state index in [4.69, 9.17) is 9.73 Å². The first-order chi connectivity index (χ1) is 15.8. The van der Waals surface area contributed by atoms with E-state index in [1.807, 2.05) is 37.2 Å². The van der Waals surface area contributed by atoms with Gasteiger partial charge in [-0.2, -0.15) is 5.10 Å². The predicted octanol–water partition coefficient (Wildman–Crippen LogP) is 2.47. The number of rotatable bonds is 4. The third kappa shape index (κ3) is 4.07. The van der Waals surface area contributed by atoms with Gasteiger partial charge in [0.25, 0.3) is 5.91 Å². The summed E-state index contributed by atoms with van der Waals surface area (Å²) in [7, 11) is 3.50. The zero-order chi connectivity index (χ0) is 23.2. The van der Waals surface area contributed by atoms with E-state index in [1.54, 1.807) is 36.3 Å². The van der Waals surface area contributed by atoms with Crippen LogP contribution in [-0.2, 0) is 13.5 Å². The highest BCUT2D eigenvalue weighted by atomic mass is 16.5. The second kappa shape index (κ2) is 8.00. The van der Waals surface area contributed by atoms with Crippen LogP contribution in [0.15, 0.2) is 47.8 Å². The van der Waals surface area contributed by atoms with Crippen molar-refractivity contribution in [3.05, 3.63) is 54.0 Å². The number of anilines is 1. The van der Waals surface area contributed by atoms with Gasteiger partial charge in [-0.25, -0.2) is 9.98 Å². The van der Waals surface area contributed by atoms with Crippen molar-refractivity contribution >= 4 is 23.2 Å². The van der Waals surface area contributed by atoms with Gasteiger partial charge in [-0.1, -0.05) is 0 Å². The molecule has 0 saturated carbocycles. The Labute approximate surface area is 191 Å². The lowest BCUT2D eigenvalue weighted by Crippen LogP contribution is -2.32. The number of aliphatic hydroxyl groups is 1. The zero-order valence-electron chi connectivity index (χ0n) is 18.9. The zero-order valence-corrected chi connectivity index (χ0v) is 18.9. The van der Waals surface area contributed by atoms with Crippen molar-refractivity contribution in [1.29, 1.82) is 0 Å². The normalized spacial score (nSPS) is 19.4. The van der Waals surface area contributed by atoms with Crippen molar-refractivity contribution in [1.82, 2.24) is 20.1 Å². The number of nitrogens with zero attached hydrogens (tertiary/aromatic N) is 5. The number of aromatic nitrogens is 3. The molecule has 0 unspecified atom stereocenters. The van der Waals surface area contributed by atoms with Gasteiger partial charge in [0.15, 0.2) is 0 Å². The van der Waals surface area contributed by atoms with Crippen LogP contribution in [0.25, 0.3) is 11.1 Å². The average Bonchev–Trinajstić information content (AvgIpc) is 3.51. The number of pyridine rings is 1. The van der Waals surface area contributed by atoms with Crippen LogP contribution in [0.5, 0.6) is 5.75 Å². The van der Waals surface area contributed by atoms with Crippen LogP contribution in [0.4, 0.5) is 11.5 Å². The van der Waals surface area contributed by atoms with Gasteiger partial charge in [0.2, 0.25) is 0 Å². The van der Waals surface area contributed by atoms with Gasteiger partial charge >= 0.3 is 0 Å². The van der Waals surface area contributed by atoms with E-state index in [9.17, 15) is 9.90 Å². The van der Waals surface area contributed by atoms with Gasteiger partial charge < -0.3 is 20.1 Å². The first-order valence-corrected chi connectivity index (χ1v) is 10.8. The van der Waals surface area contributed by atoms with Gasteiger partial charge in [-0.15, -0.1) is 0 Å². The summed E-state index contributed by atoms with van der Waals surface area (Å²) in [6.45, 7) is 3.00. The number of hydrogen-bond acceptors (Lipinski definition) is 7. The van der Waals surface area contributed by atoms with Gasteiger partial charge in [0, 0.05) is 61.2 Å². The van der Waals surface area contributed by atoms with Crippen LogP contribution in [0.2, 0.25) is 0 Å². The minimum atomic E-state index is -0.741. The summed E-state index contributed by atoms with van der Waals surface area (Å²) in [6, 6.07) is 7.31. The van der Waals surface area contributed by atoms with Gasteiger partial charge in [0.1, 0.15) is 17.4 Å². The molecule has 4 heterocycles. The molecule has 1 amide bonds. The molecule has 2 aliphatic heterocycles. The summed E-state index contributed by atoms with van der Waals surface area (Å²) in [5, 5.41) is 17.5. The number of ether oxygens (including phenoxy) is 1. The average molecular weight is 447 g/mol. The van der Waals surface area contributed by atoms with E-state index >= 15 is 0 Å². The molecule has 2 aromatic heterocycles. The number of amides is 1. The van der Waals surface area contributed by atoms with Crippen LogP contribution >= 0.6 is 0 Å². The maximum absolute atomic E-state index is 13.0. The number of amidine groups is 1. The van der Waals surface area contributed by atoms with Crippen molar-refractivity contribution in [2.75, 3.05) is 25.1 Å². The first kappa shape index (κ1) is 21.1. The molecule has 2 aliphatic rings. The summed E-state index contributed by atoms with van der Waals surface area (Å²) in [5.74, 6) is 1.72. The number of methoxy groups -OCH3 is 1. The summed E-state index contributed by atoms with van der Waals surface area (Å²) < 4.78 is 7.28. The molecular formula is C24H26N6O3. The first-order valence-electron chi connectivity index (χ1n) is 10.8. The summed E-state index contributed by atoms with van der Waals surface area (Å²) >= 11 is 0. The lowest BCUT2D eigenvalue weighted by atomic mass is 10.0. The maximum atomic E-state index is 13.0. The quantitative estimate of drug-likeness (QED) is 0.638. The van der Waals surface area contributed by atoms with E-state index in [-0.39, 0.29) is 5.91 Å². The molecule has 0 radical (unpaired) electrons. The molecule has 33 heavy (non-hydrogen) atoms. The maximum Gasteiger partial charge on any atom is 0.256 e. The molecule has 2 N–H and O–H groups in total. The van der Waals surface area contributed by atoms with Crippen molar-refractivity contribution in [3.63, 3.8) is 0 Å². The number of hydrogen-bond donors (Lipinski definition) is 2. The topological polar surface area (TPSA) is 105 Å². The fraction of sp³-hybridized carbons (Fsp3) is 0.333. The summed E-state index contributed by atoms with van der Waals surface area (Å²) in [5.41, 5.74) is 3.36. The van der Waals surface area contributed by atoms with Crippen LogP contribution < -0.4 is 15.0 Å². The second-order valence-electron chi connectivity index (χ2n) is 8.81. The molecule has 3 aromatic rings. The van der Waals surface area contributed by atoms with E-state index in [2.05, 4.69) is 15.4 Å². The lowest BCUT2D eigenvalue weighted by Gasteiger charge is -2.20. The molecular weight excluding hydrogens is 420 g/mol. The standard InChI is InChI=1S/C24H26N6O3/c1-24(32)7-9-30(14-24)21-10-15(6-8-25-21)23(31)28-20-11-18-19(33-3)5-4-17(22(18)27-20)16-12-26-29(2)13-16/h4-6,8,10,12-13,32H,7,9,11,14H2,1-3H3,(H,27,28,31)/t24-/m0/s1. The van der Waals surface area contributed by atoms with Crippen LogP contribution in [0, 0.1) is 0 Å². The van der Waals surface area contributed by atoms with Gasteiger partial charge in [0.05, 0.1) is 24.6 Å².